The van der Waals surface area contributed by atoms with E-state index in [-0.39, 0.29) is 29.1 Å². The molecule has 0 fully saturated rings. The van der Waals surface area contributed by atoms with Crippen LogP contribution in [0.4, 0.5) is 5.69 Å². The number of phenols is 1. The average molecular weight is 449 g/mol. The fourth-order valence-corrected chi connectivity index (χ4v) is 5.00. The third-order valence-electron chi connectivity index (χ3n) is 5.56. The summed E-state index contributed by atoms with van der Waals surface area (Å²) >= 11 is 0. The number of benzene rings is 2. The minimum absolute atomic E-state index is 0.0345. The molecule has 1 amide bonds. The van der Waals surface area contributed by atoms with Gasteiger partial charge in [-0.3, -0.25) is 4.79 Å². The molecule has 9 heteroatoms. The monoisotopic (exact) mass is 448 g/mol. The van der Waals surface area contributed by atoms with Gasteiger partial charge in [0.25, 0.3) is 0 Å². The molecule has 0 radical (unpaired) electrons. The van der Waals surface area contributed by atoms with Crippen LogP contribution in [-0.4, -0.2) is 39.1 Å². The van der Waals surface area contributed by atoms with Gasteiger partial charge in [-0.15, -0.1) is 0 Å². The van der Waals surface area contributed by atoms with Crippen molar-refractivity contribution < 1.29 is 27.9 Å². The van der Waals surface area contributed by atoms with Crippen molar-refractivity contribution in [3.63, 3.8) is 0 Å². The van der Waals surface area contributed by atoms with Gasteiger partial charge in [-0.1, -0.05) is 6.07 Å². The van der Waals surface area contributed by atoms with Crippen LogP contribution in [0.2, 0.25) is 0 Å². The second kappa shape index (κ2) is 9.49. The summed E-state index contributed by atoms with van der Waals surface area (Å²) in [6.45, 7) is 9.15. The molecule has 3 N–H and O–H groups in total. The number of hydrogen-bond donors (Lipinski definition) is 3. The molecule has 0 bridgehead atoms. The van der Waals surface area contributed by atoms with Crippen LogP contribution in [-0.2, 0) is 19.6 Å². The minimum Gasteiger partial charge on any atom is -0.505 e. The first-order valence-electron chi connectivity index (χ1n) is 9.69. The Bertz CT molecular complexity index is 1110. The number of carbonyl (C=O) groups is 2. The molecule has 0 saturated carbocycles. The number of nitrogens with one attached hydrogen (secondary N) is 2. The lowest BCUT2D eigenvalue weighted by Crippen LogP contribution is -2.29. The van der Waals surface area contributed by atoms with Crippen LogP contribution in [0, 0.1) is 34.6 Å². The maximum atomic E-state index is 12.9. The van der Waals surface area contributed by atoms with Crippen molar-refractivity contribution in [3.8, 4) is 5.75 Å². The Balaban J connectivity index is 2.11. The number of hydrogen-bond acceptors (Lipinski definition) is 6. The van der Waals surface area contributed by atoms with Gasteiger partial charge in [0, 0.05) is 13.0 Å². The quantitative estimate of drug-likeness (QED) is 0.442. The fraction of sp³-hybridized carbons (Fsp3) is 0.364. The molecule has 0 aliphatic heterocycles. The van der Waals surface area contributed by atoms with Gasteiger partial charge in [0.15, 0.2) is 5.75 Å². The smallest absolute Gasteiger partial charge is 0.341 e. The van der Waals surface area contributed by atoms with Crippen molar-refractivity contribution in [3.05, 3.63) is 51.6 Å². The molecule has 0 spiro atoms. The Labute approximate surface area is 182 Å². The standard InChI is InChI=1S/C22H28N2O6S/c1-12-13(2)15(4)21(16(5)14(12)3)31(28,29)23-11-10-19(25)24-18-9-7-8-17(20(18)26)22(27)30-6/h7-9,23,26H,10-11H2,1-6H3,(H,24,25). The zero-order chi connectivity index (χ0) is 23.5. The minimum atomic E-state index is -3.82. The Hall–Kier alpha value is -2.91. The lowest BCUT2D eigenvalue weighted by Gasteiger charge is -2.19. The van der Waals surface area contributed by atoms with E-state index < -0.39 is 27.6 Å². The van der Waals surface area contributed by atoms with Crippen molar-refractivity contribution in [2.75, 3.05) is 19.0 Å². The summed E-state index contributed by atoms with van der Waals surface area (Å²) in [5.74, 6) is -1.68. The first-order chi connectivity index (χ1) is 14.4. The Morgan fingerprint density at radius 2 is 1.52 bits per heavy atom. The second-order valence-electron chi connectivity index (χ2n) is 7.34. The molecule has 8 nitrogen and oxygen atoms in total. The predicted molar refractivity (Wildman–Crippen MR) is 118 cm³/mol. The maximum Gasteiger partial charge on any atom is 0.341 e. The number of anilines is 1. The van der Waals surface area contributed by atoms with E-state index in [1.807, 2.05) is 20.8 Å². The van der Waals surface area contributed by atoms with Gasteiger partial charge >= 0.3 is 5.97 Å². The molecule has 0 saturated heterocycles. The van der Waals surface area contributed by atoms with Crippen LogP contribution in [0.3, 0.4) is 0 Å². The van der Waals surface area contributed by atoms with E-state index in [0.717, 1.165) is 16.7 Å². The van der Waals surface area contributed by atoms with E-state index in [4.69, 9.17) is 0 Å². The Morgan fingerprint density at radius 1 is 0.968 bits per heavy atom. The van der Waals surface area contributed by atoms with Crippen molar-refractivity contribution in [1.29, 1.82) is 0 Å². The van der Waals surface area contributed by atoms with E-state index >= 15 is 0 Å². The van der Waals surface area contributed by atoms with Gasteiger partial charge in [-0.25, -0.2) is 17.9 Å². The highest BCUT2D eigenvalue weighted by molar-refractivity contribution is 7.89. The van der Waals surface area contributed by atoms with E-state index in [1.165, 1.54) is 25.3 Å². The number of ether oxygens (including phenoxy) is 1. The zero-order valence-electron chi connectivity index (χ0n) is 18.5. The molecular weight excluding hydrogens is 420 g/mol. The van der Waals surface area contributed by atoms with Crippen molar-refractivity contribution in [1.82, 2.24) is 4.72 Å². The van der Waals surface area contributed by atoms with E-state index in [2.05, 4.69) is 14.8 Å². The number of aromatic hydroxyl groups is 1. The number of esters is 1. The van der Waals surface area contributed by atoms with Gasteiger partial charge in [-0.05, 0) is 74.6 Å². The highest BCUT2D eigenvalue weighted by Crippen LogP contribution is 2.30. The summed E-state index contributed by atoms with van der Waals surface area (Å²) in [4.78, 5) is 24.1. The van der Waals surface area contributed by atoms with Crippen LogP contribution in [0.15, 0.2) is 23.1 Å². The Morgan fingerprint density at radius 3 is 2.06 bits per heavy atom. The molecule has 2 aromatic carbocycles. The highest BCUT2D eigenvalue weighted by atomic mass is 32.2. The van der Waals surface area contributed by atoms with Gasteiger partial charge in [0.2, 0.25) is 15.9 Å². The number of methoxy groups -OCH3 is 1. The van der Waals surface area contributed by atoms with Crippen LogP contribution in [0.5, 0.6) is 5.75 Å². The number of rotatable bonds is 7. The molecule has 2 aromatic rings. The first kappa shape index (κ1) is 24.4. The van der Waals surface area contributed by atoms with E-state index in [0.29, 0.717) is 11.1 Å². The fourth-order valence-electron chi connectivity index (χ4n) is 3.37. The molecule has 2 rings (SSSR count). The van der Waals surface area contributed by atoms with Crippen LogP contribution in [0.1, 0.15) is 44.6 Å². The normalized spacial score (nSPS) is 11.3. The summed E-state index contributed by atoms with van der Waals surface area (Å²) in [5, 5.41) is 12.6. The number of sulfonamides is 1. The molecule has 0 aliphatic rings. The van der Waals surface area contributed by atoms with Gasteiger partial charge in [0.05, 0.1) is 17.7 Å². The maximum absolute atomic E-state index is 12.9. The number of para-hydroxylation sites is 1. The summed E-state index contributed by atoms with van der Waals surface area (Å²) < 4.78 is 32.9. The lowest BCUT2D eigenvalue weighted by atomic mass is 9.95. The summed E-state index contributed by atoms with van der Waals surface area (Å²) in [6.07, 6.45) is -0.164. The number of amides is 1. The Kier molecular flexibility index (Phi) is 7.45. The van der Waals surface area contributed by atoms with Gasteiger partial charge in [0.1, 0.15) is 5.56 Å². The topological polar surface area (TPSA) is 122 Å². The summed E-state index contributed by atoms with van der Waals surface area (Å²) in [6, 6.07) is 4.27. The second-order valence-corrected chi connectivity index (χ2v) is 9.05. The summed E-state index contributed by atoms with van der Waals surface area (Å²) in [7, 11) is -2.64. The lowest BCUT2D eigenvalue weighted by molar-refractivity contribution is -0.116. The largest absolute Gasteiger partial charge is 0.505 e. The van der Waals surface area contributed by atoms with Crippen LogP contribution >= 0.6 is 0 Å². The predicted octanol–water partition coefficient (Wildman–Crippen LogP) is 3.03. The van der Waals surface area contributed by atoms with Crippen LogP contribution < -0.4 is 10.0 Å². The third kappa shape index (κ3) is 5.05. The van der Waals surface area contributed by atoms with Crippen LogP contribution in [0.25, 0.3) is 0 Å². The highest BCUT2D eigenvalue weighted by Gasteiger charge is 2.23. The van der Waals surface area contributed by atoms with Crippen molar-refractivity contribution in [2.24, 2.45) is 0 Å². The first-order valence-corrected chi connectivity index (χ1v) is 11.2. The molecule has 0 atom stereocenters. The third-order valence-corrected chi connectivity index (χ3v) is 7.29. The molecule has 0 aromatic heterocycles. The zero-order valence-corrected chi connectivity index (χ0v) is 19.4. The molecule has 0 unspecified atom stereocenters. The molecule has 0 heterocycles. The van der Waals surface area contributed by atoms with Crippen molar-refractivity contribution in [2.45, 2.75) is 45.9 Å². The molecular formula is C22H28N2O6S. The molecule has 0 aliphatic carbocycles. The number of phenolic OH excluding ortho intramolecular Hbond substituents is 1. The van der Waals surface area contributed by atoms with E-state index in [9.17, 15) is 23.1 Å². The molecule has 31 heavy (non-hydrogen) atoms. The van der Waals surface area contributed by atoms with Gasteiger partial charge in [-0.2, -0.15) is 0 Å². The van der Waals surface area contributed by atoms with Gasteiger partial charge < -0.3 is 15.2 Å². The number of carbonyl (C=O) groups excluding carboxylic acids is 2. The average Bonchev–Trinajstić information content (AvgIpc) is 2.71. The van der Waals surface area contributed by atoms with Crippen molar-refractivity contribution >= 4 is 27.6 Å². The van der Waals surface area contributed by atoms with E-state index in [1.54, 1.807) is 13.8 Å². The SMILES string of the molecule is COC(=O)c1cccc(NC(=O)CCNS(=O)(=O)c2c(C)c(C)c(C)c(C)c2C)c1O. The summed E-state index contributed by atoms with van der Waals surface area (Å²) in [5.41, 5.74) is 4.21. The molecule has 168 valence electrons.